The van der Waals surface area contributed by atoms with Crippen molar-refractivity contribution in [2.24, 2.45) is 0 Å². The number of carbonyl (C=O) groups is 2. The number of hydrogen-bond donors (Lipinski definition) is 0. The monoisotopic (exact) mass is 375 g/mol. The first kappa shape index (κ1) is 20.9. The second-order valence-corrected chi connectivity index (χ2v) is 6.48. The van der Waals surface area contributed by atoms with Crippen LogP contribution in [0.2, 0.25) is 0 Å². The van der Waals surface area contributed by atoms with Crippen molar-refractivity contribution in [1.29, 1.82) is 0 Å². The zero-order valence-corrected chi connectivity index (χ0v) is 16.7. The fourth-order valence-corrected chi connectivity index (χ4v) is 3.29. The van der Waals surface area contributed by atoms with Crippen LogP contribution in [-0.2, 0) is 20.8 Å². The Kier molecular flexibility index (Phi) is 7.38. The molecule has 0 bridgehead atoms. The number of amides is 2. The van der Waals surface area contributed by atoms with Gasteiger partial charge in [0.1, 0.15) is 0 Å². The van der Waals surface area contributed by atoms with Crippen molar-refractivity contribution in [2.75, 3.05) is 39.9 Å². The molecule has 1 aliphatic rings. The van der Waals surface area contributed by atoms with Gasteiger partial charge in [-0.25, -0.2) is 14.8 Å². The molecule has 148 valence electrons. The molecular weight excluding hydrogens is 346 g/mol. The molecule has 0 atom stereocenters. The molecule has 1 aromatic rings. The number of hydrogen-bond acceptors (Lipinski definition) is 5. The standard InChI is InChI=1S/C20H29N3O4/c1-6-17-13-15(3)12-16(4)18(17)14-19(24)22-10-8-21(26-5)9-11-23(22)20(25)27-7-2/h6,12-13H,1,7-11,14H2,2-5H3. The van der Waals surface area contributed by atoms with Crippen LogP contribution in [0.3, 0.4) is 0 Å². The molecule has 1 fully saturated rings. The minimum Gasteiger partial charge on any atom is -0.448 e. The second kappa shape index (κ2) is 9.53. The van der Waals surface area contributed by atoms with Crippen LogP contribution >= 0.6 is 0 Å². The lowest BCUT2D eigenvalue weighted by Crippen LogP contribution is -2.51. The van der Waals surface area contributed by atoms with Gasteiger partial charge in [-0.05, 0) is 37.5 Å². The number of rotatable bonds is 5. The molecule has 0 spiro atoms. The Morgan fingerprint density at radius 3 is 2.41 bits per heavy atom. The Morgan fingerprint density at radius 1 is 1.15 bits per heavy atom. The Bertz CT molecular complexity index is 705. The summed E-state index contributed by atoms with van der Waals surface area (Å²) >= 11 is 0. The molecule has 0 saturated carbocycles. The number of aryl methyl sites for hydroxylation is 2. The van der Waals surface area contributed by atoms with E-state index in [0.717, 1.165) is 22.3 Å². The van der Waals surface area contributed by atoms with Crippen molar-refractivity contribution in [2.45, 2.75) is 27.2 Å². The molecule has 2 amide bonds. The highest BCUT2D eigenvalue weighted by molar-refractivity contribution is 5.83. The van der Waals surface area contributed by atoms with Crippen molar-refractivity contribution in [1.82, 2.24) is 15.1 Å². The van der Waals surface area contributed by atoms with Crippen LogP contribution in [-0.4, -0.2) is 67.0 Å². The van der Waals surface area contributed by atoms with E-state index in [0.29, 0.717) is 26.2 Å². The van der Waals surface area contributed by atoms with Gasteiger partial charge in [0.15, 0.2) is 0 Å². The minimum atomic E-state index is -0.520. The third-order valence-corrected chi connectivity index (χ3v) is 4.64. The number of carbonyl (C=O) groups excluding carboxylic acids is 2. The Balaban J connectivity index is 2.27. The zero-order valence-electron chi connectivity index (χ0n) is 16.7. The predicted molar refractivity (Wildman–Crippen MR) is 104 cm³/mol. The largest absolute Gasteiger partial charge is 0.448 e. The van der Waals surface area contributed by atoms with E-state index in [1.54, 1.807) is 25.2 Å². The third-order valence-electron chi connectivity index (χ3n) is 4.64. The summed E-state index contributed by atoms with van der Waals surface area (Å²) in [7, 11) is 1.58. The normalized spacial score (nSPS) is 15.4. The Morgan fingerprint density at radius 2 is 1.81 bits per heavy atom. The molecule has 1 heterocycles. The van der Waals surface area contributed by atoms with E-state index in [9.17, 15) is 9.59 Å². The topological polar surface area (TPSA) is 62.3 Å². The van der Waals surface area contributed by atoms with E-state index in [2.05, 4.69) is 6.58 Å². The molecule has 0 unspecified atom stereocenters. The predicted octanol–water partition coefficient (Wildman–Crippen LogP) is 2.57. The van der Waals surface area contributed by atoms with Gasteiger partial charge in [0, 0.05) is 13.1 Å². The quantitative estimate of drug-likeness (QED) is 0.792. The molecule has 1 saturated heterocycles. The SMILES string of the molecule is C=Cc1cc(C)cc(C)c1CC(=O)N1CCN(OC)CCN1C(=O)OCC. The smallest absolute Gasteiger partial charge is 0.428 e. The van der Waals surface area contributed by atoms with Crippen LogP contribution in [0.15, 0.2) is 18.7 Å². The molecule has 7 nitrogen and oxygen atoms in total. The van der Waals surface area contributed by atoms with E-state index in [1.165, 1.54) is 10.0 Å². The molecule has 0 aromatic heterocycles. The summed E-state index contributed by atoms with van der Waals surface area (Å²) in [6.07, 6.45) is 1.44. The van der Waals surface area contributed by atoms with Crippen molar-refractivity contribution in [3.63, 3.8) is 0 Å². The van der Waals surface area contributed by atoms with Gasteiger partial charge in [-0.15, -0.1) is 0 Å². The Labute approximate surface area is 161 Å². The van der Waals surface area contributed by atoms with Gasteiger partial charge in [0.25, 0.3) is 0 Å². The number of benzene rings is 1. The average molecular weight is 375 g/mol. The van der Waals surface area contributed by atoms with Crippen molar-refractivity contribution in [3.8, 4) is 0 Å². The van der Waals surface area contributed by atoms with Crippen LogP contribution < -0.4 is 0 Å². The molecule has 1 aliphatic heterocycles. The summed E-state index contributed by atoms with van der Waals surface area (Å²) in [6.45, 7) is 11.5. The van der Waals surface area contributed by atoms with Crippen LogP contribution in [0, 0.1) is 13.8 Å². The Hall–Kier alpha value is -2.38. The van der Waals surface area contributed by atoms with E-state index in [-0.39, 0.29) is 18.9 Å². The summed E-state index contributed by atoms with van der Waals surface area (Å²) < 4.78 is 5.14. The number of hydroxylamine groups is 2. The summed E-state index contributed by atoms with van der Waals surface area (Å²) in [5.74, 6) is -0.156. The van der Waals surface area contributed by atoms with Crippen molar-refractivity contribution >= 4 is 18.1 Å². The molecular formula is C20H29N3O4. The first-order valence-corrected chi connectivity index (χ1v) is 9.17. The summed E-state index contributed by atoms with van der Waals surface area (Å²) in [5.41, 5.74) is 4.03. The number of nitrogens with zero attached hydrogens (tertiary/aromatic N) is 3. The van der Waals surface area contributed by atoms with Crippen LogP contribution in [0.4, 0.5) is 4.79 Å². The van der Waals surface area contributed by atoms with Gasteiger partial charge in [-0.2, -0.15) is 5.06 Å². The van der Waals surface area contributed by atoms with Gasteiger partial charge in [-0.1, -0.05) is 30.4 Å². The molecule has 1 aromatic carbocycles. The van der Waals surface area contributed by atoms with E-state index < -0.39 is 6.09 Å². The number of ether oxygens (including phenoxy) is 1. The molecule has 0 N–H and O–H groups in total. The maximum atomic E-state index is 13.1. The fourth-order valence-electron chi connectivity index (χ4n) is 3.29. The zero-order chi connectivity index (χ0) is 20.0. The lowest BCUT2D eigenvalue weighted by Gasteiger charge is -2.32. The van der Waals surface area contributed by atoms with Gasteiger partial charge in [0.05, 0.1) is 33.2 Å². The fraction of sp³-hybridized carbons (Fsp3) is 0.500. The van der Waals surface area contributed by atoms with E-state index in [1.807, 2.05) is 26.0 Å². The summed E-state index contributed by atoms with van der Waals surface area (Å²) in [6, 6.07) is 4.06. The van der Waals surface area contributed by atoms with Gasteiger partial charge in [-0.3, -0.25) is 4.79 Å². The highest BCUT2D eigenvalue weighted by Gasteiger charge is 2.31. The lowest BCUT2D eigenvalue weighted by atomic mass is 9.96. The van der Waals surface area contributed by atoms with Crippen molar-refractivity contribution in [3.05, 3.63) is 41.0 Å². The maximum Gasteiger partial charge on any atom is 0.428 e. The molecule has 0 radical (unpaired) electrons. The highest BCUT2D eigenvalue weighted by atomic mass is 16.7. The van der Waals surface area contributed by atoms with Crippen LogP contribution in [0.1, 0.15) is 29.2 Å². The van der Waals surface area contributed by atoms with E-state index >= 15 is 0 Å². The van der Waals surface area contributed by atoms with Crippen LogP contribution in [0.25, 0.3) is 6.08 Å². The molecule has 27 heavy (non-hydrogen) atoms. The third kappa shape index (κ3) is 5.08. The lowest BCUT2D eigenvalue weighted by molar-refractivity contribution is -0.145. The molecule has 2 rings (SSSR count). The van der Waals surface area contributed by atoms with E-state index in [4.69, 9.17) is 9.57 Å². The molecule has 7 heteroatoms. The summed E-state index contributed by atoms with van der Waals surface area (Å²) in [5, 5.41) is 4.58. The second-order valence-electron chi connectivity index (χ2n) is 6.48. The van der Waals surface area contributed by atoms with Gasteiger partial charge < -0.3 is 9.57 Å². The maximum absolute atomic E-state index is 13.1. The van der Waals surface area contributed by atoms with Crippen LogP contribution in [0.5, 0.6) is 0 Å². The first-order chi connectivity index (χ1) is 12.9. The first-order valence-electron chi connectivity index (χ1n) is 9.17. The van der Waals surface area contributed by atoms with Gasteiger partial charge in [0.2, 0.25) is 5.91 Å². The van der Waals surface area contributed by atoms with Gasteiger partial charge >= 0.3 is 6.09 Å². The highest BCUT2D eigenvalue weighted by Crippen LogP contribution is 2.21. The van der Waals surface area contributed by atoms with Crippen molar-refractivity contribution < 1.29 is 19.2 Å². The number of hydrazine groups is 1. The average Bonchev–Trinajstić information content (AvgIpc) is 2.86. The minimum absolute atomic E-state index is 0.156. The summed E-state index contributed by atoms with van der Waals surface area (Å²) in [4.78, 5) is 30.8. The molecule has 0 aliphatic carbocycles.